The van der Waals surface area contributed by atoms with Gasteiger partial charge in [0.05, 0.1) is 22.1 Å². The summed E-state index contributed by atoms with van der Waals surface area (Å²) in [5.41, 5.74) is 7.74. The zero-order chi connectivity index (χ0) is 27.8. The van der Waals surface area contributed by atoms with Gasteiger partial charge >= 0.3 is 0 Å². The van der Waals surface area contributed by atoms with Gasteiger partial charge in [0.15, 0.2) is 0 Å². The summed E-state index contributed by atoms with van der Waals surface area (Å²) in [5, 5.41) is 3.17. The molecule has 1 saturated heterocycles. The Balaban J connectivity index is 1.30. The van der Waals surface area contributed by atoms with Gasteiger partial charge in [0.2, 0.25) is 11.8 Å². The summed E-state index contributed by atoms with van der Waals surface area (Å²) < 4.78 is 0. The van der Waals surface area contributed by atoms with E-state index in [1.54, 1.807) is 21.1 Å². The smallest absolute Gasteiger partial charge is 0.255 e. The first-order valence-corrected chi connectivity index (χ1v) is 14.6. The maximum absolute atomic E-state index is 13.9. The summed E-state index contributed by atoms with van der Waals surface area (Å²) in [5.74, 6) is -0.480. The van der Waals surface area contributed by atoms with E-state index in [2.05, 4.69) is 35.4 Å². The van der Waals surface area contributed by atoms with E-state index in [0.717, 1.165) is 39.2 Å². The fourth-order valence-corrected chi connectivity index (χ4v) is 6.82. The number of hydrogen-bond acceptors (Lipinski definition) is 5. The number of carbonyl (C=O) groups is 3. The van der Waals surface area contributed by atoms with E-state index in [1.165, 1.54) is 0 Å². The van der Waals surface area contributed by atoms with E-state index in [1.807, 2.05) is 57.5 Å². The van der Waals surface area contributed by atoms with Crippen molar-refractivity contribution >= 4 is 29.1 Å². The monoisotopic (exact) mass is 544 g/mol. The van der Waals surface area contributed by atoms with Gasteiger partial charge in [0.1, 0.15) is 12.1 Å². The maximum atomic E-state index is 13.9. The van der Waals surface area contributed by atoms with Crippen LogP contribution in [-0.4, -0.2) is 51.1 Å². The van der Waals surface area contributed by atoms with Crippen molar-refractivity contribution in [1.82, 2.24) is 20.1 Å². The third-order valence-electron chi connectivity index (χ3n) is 8.01. The van der Waals surface area contributed by atoms with Crippen LogP contribution in [0.15, 0.2) is 48.0 Å². The lowest BCUT2D eigenvalue weighted by Gasteiger charge is -2.35. The summed E-state index contributed by atoms with van der Waals surface area (Å²) in [6.45, 7) is 10.9. The van der Waals surface area contributed by atoms with Crippen molar-refractivity contribution in [3.05, 3.63) is 75.9 Å². The number of likely N-dealkylation sites (tertiary alicyclic amines) is 1. The third-order valence-corrected chi connectivity index (χ3v) is 8.99. The highest BCUT2D eigenvalue weighted by atomic mass is 32.1. The molecule has 2 aromatic carbocycles. The first kappa shape index (κ1) is 27.1. The fourth-order valence-electron chi connectivity index (χ4n) is 6.02. The highest BCUT2D eigenvalue weighted by Gasteiger charge is 2.43. The summed E-state index contributed by atoms with van der Waals surface area (Å²) in [4.78, 5) is 49.5. The van der Waals surface area contributed by atoms with Crippen LogP contribution in [0.4, 0.5) is 0 Å². The molecule has 3 heterocycles. The van der Waals surface area contributed by atoms with Gasteiger partial charge < -0.3 is 15.1 Å². The molecule has 3 atom stereocenters. The van der Waals surface area contributed by atoms with Crippen LogP contribution in [0.2, 0.25) is 0 Å². The Morgan fingerprint density at radius 3 is 2.54 bits per heavy atom. The van der Waals surface area contributed by atoms with Gasteiger partial charge in [-0.3, -0.25) is 14.4 Å². The zero-order valence-electron chi connectivity index (χ0n) is 23.2. The third kappa shape index (κ3) is 5.10. The van der Waals surface area contributed by atoms with E-state index < -0.39 is 12.1 Å². The van der Waals surface area contributed by atoms with Gasteiger partial charge in [-0.15, -0.1) is 11.3 Å². The number of carbonyl (C=O) groups excluding carboxylic acids is 3. The quantitative estimate of drug-likeness (QED) is 0.439. The SMILES string of the molecule is Cc1cc(-c2scnc2C)ccc1C(C)NC(=O)[C@@H]1CCCN1C(=O)C(C(C)C)N1Cc2ccccc2C1=O. The van der Waals surface area contributed by atoms with Crippen molar-refractivity contribution in [3.63, 3.8) is 0 Å². The number of nitrogens with zero attached hydrogens (tertiary/aromatic N) is 3. The maximum Gasteiger partial charge on any atom is 0.255 e. The summed E-state index contributed by atoms with van der Waals surface area (Å²) in [7, 11) is 0. The lowest BCUT2D eigenvalue weighted by molar-refractivity contribution is -0.143. The normalized spacial score (nSPS) is 18.4. The molecule has 2 unspecified atom stereocenters. The molecule has 39 heavy (non-hydrogen) atoms. The molecule has 1 fully saturated rings. The highest BCUT2D eigenvalue weighted by molar-refractivity contribution is 7.13. The number of amides is 3. The molecule has 7 nitrogen and oxygen atoms in total. The van der Waals surface area contributed by atoms with Gasteiger partial charge in [-0.25, -0.2) is 4.98 Å². The molecule has 2 aliphatic rings. The number of fused-ring (bicyclic) bond motifs is 1. The van der Waals surface area contributed by atoms with Crippen molar-refractivity contribution in [3.8, 4) is 10.4 Å². The van der Waals surface area contributed by atoms with Gasteiger partial charge in [-0.05, 0) is 67.9 Å². The Hall–Kier alpha value is -3.52. The van der Waals surface area contributed by atoms with Gasteiger partial charge in [-0.1, -0.05) is 50.2 Å². The van der Waals surface area contributed by atoms with Crippen LogP contribution >= 0.6 is 11.3 Å². The van der Waals surface area contributed by atoms with Crippen molar-refractivity contribution in [2.24, 2.45) is 5.92 Å². The minimum atomic E-state index is -0.610. The van der Waals surface area contributed by atoms with E-state index >= 15 is 0 Å². The zero-order valence-corrected chi connectivity index (χ0v) is 24.0. The number of benzene rings is 2. The second-order valence-corrected chi connectivity index (χ2v) is 11.9. The van der Waals surface area contributed by atoms with Crippen molar-refractivity contribution < 1.29 is 14.4 Å². The average Bonchev–Trinajstić information content (AvgIpc) is 3.63. The van der Waals surface area contributed by atoms with E-state index in [-0.39, 0.29) is 29.7 Å². The van der Waals surface area contributed by atoms with Crippen molar-refractivity contribution in [2.75, 3.05) is 6.54 Å². The molecule has 3 amide bonds. The topological polar surface area (TPSA) is 82.6 Å². The van der Waals surface area contributed by atoms with Crippen LogP contribution in [0, 0.1) is 19.8 Å². The molecule has 8 heteroatoms. The number of nitrogens with one attached hydrogen (secondary N) is 1. The van der Waals surface area contributed by atoms with E-state index in [9.17, 15) is 14.4 Å². The Morgan fingerprint density at radius 2 is 1.87 bits per heavy atom. The van der Waals surface area contributed by atoms with Crippen LogP contribution in [-0.2, 0) is 16.1 Å². The molecule has 1 N–H and O–H groups in total. The van der Waals surface area contributed by atoms with Crippen LogP contribution < -0.4 is 5.32 Å². The number of rotatable bonds is 7. The fraction of sp³-hybridized carbons (Fsp3) is 0.419. The Kier molecular flexibility index (Phi) is 7.58. The minimum Gasteiger partial charge on any atom is -0.348 e. The lowest BCUT2D eigenvalue weighted by Crippen LogP contribution is -2.55. The first-order chi connectivity index (χ1) is 18.7. The molecule has 0 radical (unpaired) electrons. The van der Waals surface area contributed by atoms with Crippen LogP contribution in [0.25, 0.3) is 10.4 Å². The molecule has 0 aliphatic carbocycles. The van der Waals surface area contributed by atoms with Crippen LogP contribution in [0.3, 0.4) is 0 Å². The molecule has 0 saturated carbocycles. The highest BCUT2D eigenvalue weighted by Crippen LogP contribution is 2.32. The first-order valence-electron chi connectivity index (χ1n) is 13.7. The summed E-state index contributed by atoms with van der Waals surface area (Å²) in [6, 6.07) is 12.5. The molecule has 204 valence electrons. The lowest BCUT2D eigenvalue weighted by atomic mass is 9.98. The Morgan fingerprint density at radius 1 is 1.10 bits per heavy atom. The van der Waals surface area contributed by atoms with Crippen molar-refractivity contribution in [2.45, 2.75) is 72.1 Å². The average molecular weight is 545 g/mol. The molecular formula is C31H36N4O3S. The predicted octanol–water partition coefficient (Wildman–Crippen LogP) is 5.28. The number of aryl methyl sites for hydroxylation is 2. The number of hydrogen-bond donors (Lipinski definition) is 1. The Bertz CT molecular complexity index is 1410. The van der Waals surface area contributed by atoms with E-state index in [4.69, 9.17) is 0 Å². The molecular weight excluding hydrogens is 508 g/mol. The second kappa shape index (κ2) is 10.9. The molecule has 0 spiro atoms. The Labute approximate surface area is 234 Å². The largest absolute Gasteiger partial charge is 0.348 e. The molecule has 5 rings (SSSR count). The molecule has 0 bridgehead atoms. The summed E-state index contributed by atoms with van der Waals surface area (Å²) >= 11 is 1.62. The van der Waals surface area contributed by atoms with Crippen LogP contribution in [0.1, 0.15) is 72.4 Å². The standard InChI is InChI=1S/C31H36N4O3S/c1-18(2)27(35-16-23-9-6-7-10-25(23)30(35)37)31(38)34-14-8-11-26(34)29(36)33-20(4)24-13-12-22(15-19(24)3)28-21(5)32-17-39-28/h6-7,9-10,12-13,15,17-18,20,26-27H,8,11,14,16H2,1-5H3,(H,33,36)/t20?,26-,27?/m0/s1. The molecule has 1 aromatic heterocycles. The van der Waals surface area contributed by atoms with Crippen LogP contribution in [0.5, 0.6) is 0 Å². The molecule has 3 aromatic rings. The van der Waals surface area contributed by atoms with Gasteiger partial charge in [-0.2, -0.15) is 0 Å². The minimum absolute atomic E-state index is 0.0812. The second-order valence-electron chi connectivity index (χ2n) is 11.0. The van der Waals surface area contributed by atoms with Gasteiger partial charge in [0, 0.05) is 18.7 Å². The number of aromatic nitrogens is 1. The number of thiazole rings is 1. The summed E-state index contributed by atoms with van der Waals surface area (Å²) in [6.07, 6.45) is 1.38. The molecule has 2 aliphatic heterocycles. The predicted molar refractivity (Wildman–Crippen MR) is 153 cm³/mol. The van der Waals surface area contributed by atoms with Gasteiger partial charge in [0.25, 0.3) is 5.91 Å². The van der Waals surface area contributed by atoms with Crippen molar-refractivity contribution in [1.29, 1.82) is 0 Å². The van der Waals surface area contributed by atoms with E-state index in [0.29, 0.717) is 25.1 Å².